The standard InChI is InChI=1S/C21H29N5O2/c1-22-18-7-4-14(5-8-18)20(27)24-11-16-10-15(6-9-19(16)28-3)17-12-25-21(23-2)26-13-17/h6,9-10,12-14,18,22H,4-5,7-8,11H2,1-3H3,(H,24,27)(H,23,25,26). The summed E-state index contributed by atoms with van der Waals surface area (Å²) in [6.07, 6.45) is 7.53. The molecule has 0 atom stereocenters. The van der Waals surface area contributed by atoms with Crippen molar-refractivity contribution < 1.29 is 9.53 Å². The summed E-state index contributed by atoms with van der Waals surface area (Å²) < 4.78 is 5.48. The van der Waals surface area contributed by atoms with Crippen LogP contribution in [-0.4, -0.2) is 43.1 Å². The summed E-state index contributed by atoms with van der Waals surface area (Å²) in [6, 6.07) is 6.45. The van der Waals surface area contributed by atoms with E-state index in [4.69, 9.17) is 4.74 Å². The van der Waals surface area contributed by atoms with E-state index in [9.17, 15) is 4.79 Å². The number of ether oxygens (including phenoxy) is 1. The van der Waals surface area contributed by atoms with Gasteiger partial charge in [-0.2, -0.15) is 0 Å². The number of nitrogens with zero attached hydrogens (tertiary/aromatic N) is 2. The summed E-state index contributed by atoms with van der Waals surface area (Å²) in [4.78, 5) is 21.1. The summed E-state index contributed by atoms with van der Waals surface area (Å²) in [5, 5.41) is 9.31. The van der Waals surface area contributed by atoms with Crippen LogP contribution in [0.3, 0.4) is 0 Å². The molecule has 3 N–H and O–H groups in total. The predicted molar refractivity (Wildman–Crippen MR) is 110 cm³/mol. The molecule has 150 valence electrons. The molecular weight excluding hydrogens is 354 g/mol. The Morgan fingerprint density at radius 3 is 2.43 bits per heavy atom. The molecular formula is C21H29N5O2. The van der Waals surface area contributed by atoms with Gasteiger partial charge in [0, 0.05) is 49.1 Å². The minimum atomic E-state index is 0.0984. The Morgan fingerprint density at radius 1 is 1.11 bits per heavy atom. The number of hydrogen-bond donors (Lipinski definition) is 3. The first-order valence-electron chi connectivity index (χ1n) is 9.76. The van der Waals surface area contributed by atoms with E-state index in [-0.39, 0.29) is 11.8 Å². The average Bonchev–Trinajstić information content (AvgIpc) is 2.77. The zero-order valence-electron chi connectivity index (χ0n) is 16.8. The SMILES string of the molecule is CNc1ncc(-c2ccc(OC)c(CNC(=O)C3CCC(NC)CC3)c2)cn1. The maximum absolute atomic E-state index is 12.6. The first-order chi connectivity index (χ1) is 13.6. The number of nitrogens with one attached hydrogen (secondary N) is 3. The van der Waals surface area contributed by atoms with Crippen molar-refractivity contribution in [2.75, 3.05) is 26.5 Å². The Balaban J connectivity index is 1.67. The molecule has 28 heavy (non-hydrogen) atoms. The molecule has 1 aliphatic carbocycles. The van der Waals surface area contributed by atoms with Crippen molar-refractivity contribution in [1.82, 2.24) is 20.6 Å². The predicted octanol–water partition coefficient (Wildman–Crippen LogP) is 2.59. The van der Waals surface area contributed by atoms with Crippen LogP contribution in [0.2, 0.25) is 0 Å². The second-order valence-electron chi connectivity index (χ2n) is 7.13. The Labute approximate surface area is 166 Å². The molecule has 1 saturated carbocycles. The molecule has 1 aromatic heterocycles. The number of benzene rings is 1. The van der Waals surface area contributed by atoms with Crippen molar-refractivity contribution in [2.24, 2.45) is 5.92 Å². The molecule has 0 aliphatic heterocycles. The van der Waals surface area contributed by atoms with Crippen LogP contribution in [0.25, 0.3) is 11.1 Å². The van der Waals surface area contributed by atoms with E-state index in [1.54, 1.807) is 26.6 Å². The van der Waals surface area contributed by atoms with E-state index in [1.165, 1.54) is 0 Å². The first-order valence-corrected chi connectivity index (χ1v) is 9.76. The molecule has 7 nitrogen and oxygen atoms in total. The largest absolute Gasteiger partial charge is 0.496 e. The van der Waals surface area contributed by atoms with Crippen molar-refractivity contribution in [1.29, 1.82) is 0 Å². The quantitative estimate of drug-likeness (QED) is 0.681. The highest BCUT2D eigenvalue weighted by Crippen LogP contribution is 2.27. The lowest BCUT2D eigenvalue weighted by molar-refractivity contribution is -0.126. The molecule has 0 bridgehead atoms. The number of rotatable bonds is 7. The molecule has 1 fully saturated rings. The molecule has 2 aromatic rings. The van der Waals surface area contributed by atoms with Gasteiger partial charge in [0.15, 0.2) is 0 Å². The number of methoxy groups -OCH3 is 1. The normalized spacial score (nSPS) is 19.1. The van der Waals surface area contributed by atoms with Gasteiger partial charge in [0.1, 0.15) is 5.75 Å². The minimum absolute atomic E-state index is 0.0984. The molecule has 0 radical (unpaired) electrons. The number of anilines is 1. The number of carbonyl (C=O) groups excluding carboxylic acids is 1. The van der Waals surface area contributed by atoms with Crippen molar-refractivity contribution in [3.8, 4) is 16.9 Å². The van der Waals surface area contributed by atoms with E-state index in [1.807, 2.05) is 25.2 Å². The molecule has 1 aliphatic rings. The van der Waals surface area contributed by atoms with Crippen molar-refractivity contribution >= 4 is 11.9 Å². The van der Waals surface area contributed by atoms with Gasteiger partial charge in [0.05, 0.1) is 7.11 Å². The van der Waals surface area contributed by atoms with Gasteiger partial charge in [-0.05, 0) is 50.4 Å². The summed E-state index contributed by atoms with van der Waals surface area (Å²) in [5.41, 5.74) is 2.84. The van der Waals surface area contributed by atoms with Crippen LogP contribution in [0.1, 0.15) is 31.2 Å². The summed E-state index contributed by atoms with van der Waals surface area (Å²) in [6.45, 7) is 0.442. The monoisotopic (exact) mass is 383 g/mol. The van der Waals surface area contributed by atoms with Gasteiger partial charge >= 0.3 is 0 Å². The van der Waals surface area contributed by atoms with E-state index in [2.05, 4.69) is 25.9 Å². The summed E-state index contributed by atoms with van der Waals surface area (Å²) >= 11 is 0. The van der Waals surface area contributed by atoms with Crippen molar-refractivity contribution in [2.45, 2.75) is 38.3 Å². The first kappa shape index (κ1) is 20.1. The van der Waals surface area contributed by atoms with Gasteiger partial charge in [-0.15, -0.1) is 0 Å². The molecule has 7 heteroatoms. The van der Waals surface area contributed by atoms with Gasteiger partial charge in [-0.3, -0.25) is 4.79 Å². The smallest absolute Gasteiger partial charge is 0.223 e. The lowest BCUT2D eigenvalue weighted by Gasteiger charge is -2.27. The van der Waals surface area contributed by atoms with Crippen LogP contribution in [0, 0.1) is 5.92 Å². The van der Waals surface area contributed by atoms with Gasteiger partial charge < -0.3 is 20.7 Å². The maximum atomic E-state index is 12.6. The van der Waals surface area contributed by atoms with Crippen molar-refractivity contribution in [3.05, 3.63) is 36.2 Å². The maximum Gasteiger partial charge on any atom is 0.223 e. The molecule has 1 amide bonds. The Kier molecular flexibility index (Phi) is 6.81. The van der Waals surface area contributed by atoms with Gasteiger partial charge in [-0.25, -0.2) is 9.97 Å². The highest BCUT2D eigenvalue weighted by molar-refractivity contribution is 5.79. The second kappa shape index (κ2) is 9.50. The van der Waals surface area contributed by atoms with Crippen LogP contribution in [0.15, 0.2) is 30.6 Å². The molecule has 1 heterocycles. The second-order valence-corrected chi connectivity index (χ2v) is 7.13. The third kappa shape index (κ3) is 4.78. The Morgan fingerprint density at radius 2 is 1.82 bits per heavy atom. The summed E-state index contributed by atoms with van der Waals surface area (Å²) in [5.74, 6) is 1.57. The van der Waals surface area contributed by atoms with Gasteiger partial charge in [0.25, 0.3) is 0 Å². The van der Waals surface area contributed by atoms with Crippen molar-refractivity contribution in [3.63, 3.8) is 0 Å². The van der Waals surface area contributed by atoms with Crippen LogP contribution in [-0.2, 0) is 11.3 Å². The fourth-order valence-electron chi connectivity index (χ4n) is 3.67. The number of aromatic nitrogens is 2. The third-order valence-electron chi connectivity index (χ3n) is 5.45. The van der Waals surface area contributed by atoms with E-state index >= 15 is 0 Å². The zero-order chi connectivity index (χ0) is 19.9. The van der Waals surface area contributed by atoms with E-state index in [0.29, 0.717) is 18.5 Å². The Bertz CT molecular complexity index is 786. The van der Waals surface area contributed by atoms with E-state index in [0.717, 1.165) is 48.1 Å². The molecule has 0 saturated heterocycles. The summed E-state index contributed by atoms with van der Waals surface area (Å²) in [7, 11) is 5.42. The molecule has 0 spiro atoms. The molecule has 3 rings (SSSR count). The fraction of sp³-hybridized carbons (Fsp3) is 0.476. The van der Waals surface area contributed by atoms with Gasteiger partial charge in [-0.1, -0.05) is 6.07 Å². The van der Waals surface area contributed by atoms with Crippen LogP contribution in [0.5, 0.6) is 5.75 Å². The highest BCUT2D eigenvalue weighted by atomic mass is 16.5. The molecule has 1 aromatic carbocycles. The fourth-order valence-corrected chi connectivity index (χ4v) is 3.67. The topological polar surface area (TPSA) is 88.2 Å². The van der Waals surface area contributed by atoms with E-state index < -0.39 is 0 Å². The average molecular weight is 383 g/mol. The third-order valence-corrected chi connectivity index (χ3v) is 5.45. The number of carbonyl (C=O) groups is 1. The molecule has 0 unspecified atom stereocenters. The van der Waals surface area contributed by atoms with Crippen LogP contribution >= 0.6 is 0 Å². The van der Waals surface area contributed by atoms with Gasteiger partial charge in [0.2, 0.25) is 11.9 Å². The lowest BCUT2D eigenvalue weighted by Crippen LogP contribution is -2.37. The Hall–Kier alpha value is -2.67. The number of hydrogen-bond acceptors (Lipinski definition) is 6. The number of amides is 1. The highest BCUT2D eigenvalue weighted by Gasteiger charge is 2.25. The minimum Gasteiger partial charge on any atom is -0.496 e. The van der Waals surface area contributed by atoms with Crippen LogP contribution in [0.4, 0.5) is 5.95 Å². The van der Waals surface area contributed by atoms with Crippen LogP contribution < -0.4 is 20.7 Å². The zero-order valence-corrected chi connectivity index (χ0v) is 16.8. The lowest BCUT2D eigenvalue weighted by atomic mass is 9.85.